The van der Waals surface area contributed by atoms with Gasteiger partial charge < -0.3 is 14.6 Å². The van der Waals surface area contributed by atoms with Crippen LogP contribution in [0.25, 0.3) is 11.0 Å². The van der Waals surface area contributed by atoms with E-state index in [4.69, 9.17) is 5.11 Å². The van der Waals surface area contributed by atoms with Crippen LogP contribution in [0.5, 0.6) is 0 Å². The van der Waals surface area contributed by atoms with Gasteiger partial charge in [-0.1, -0.05) is 13.0 Å². The highest BCUT2D eigenvalue weighted by atomic mass is 16.4. The van der Waals surface area contributed by atoms with Crippen LogP contribution in [0.2, 0.25) is 0 Å². The number of aromatic carboxylic acids is 1. The van der Waals surface area contributed by atoms with Crippen LogP contribution in [0.15, 0.2) is 24.5 Å². The van der Waals surface area contributed by atoms with Crippen molar-refractivity contribution in [2.45, 2.75) is 32.9 Å². The van der Waals surface area contributed by atoms with Crippen molar-refractivity contribution in [3.05, 3.63) is 30.1 Å². The number of carboxylic acids is 1. The molecule has 5 heteroatoms. The molecule has 0 amide bonds. The summed E-state index contributed by atoms with van der Waals surface area (Å²) in [4.78, 5) is 17.7. The Kier molecular flexibility index (Phi) is 4.39. The average Bonchev–Trinajstić information content (AvgIpc) is 2.86. The summed E-state index contributed by atoms with van der Waals surface area (Å²) in [6, 6.07) is 5.81. The van der Waals surface area contributed by atoms with Crippen LogP contribution in [0.4, 0.5) is 0 Å². The van der Waals surface area contributed by atoms with Gasteiger partial charge in [0.15, 0.2) is 0 Å². The molecular weight excluding hydrogens is 254 g/mol. The van der Waals surface area contributed by atoms with E-state index in [2.05, 4.69) is 30.8 Å². The van der Waals surface area contributed by atoms with E-state index in [1.54, 1.807) is 18.5 Å². The Labute approximate surface area is 118 Å². The molecular formula is C15H21N3O2. The predicted octanol–water partition coefficient (Wildman–Crippen LogP) is 2.46. The van der Waals surface area contributed by atoms with E-state index in [1.165, 1.54) is 0 Å². The molecule has 0 aliphatic heterocycles. The normalized spacial score (nSPS) is 13.0. The second kappa shape index (κ2) is 6.05. The number of hydrogen-bond donors (Lipinski definition) is 1. The standard InChI is InChI=1S/C15H21N3O2/c1-4-11(2)17(3)8-9-18-10-16-14-12(15(19)20)6-5-7-13(14)18/h5-7,10-11H,4,8-9H2,1-3H3,(H,19,20). The van der Waals surface area contributed by atoms with Crippen molar-refractivity contribution in [2.75, 3.05) is 13.6 Å². The topological polar surface area (TPSA) is 58.4 Å². The van der Waals surface area contributed by atoms with Gasteiger partial charge in [0.25, 0.3) is 0 Å². The Morgan fingerprint density at radius 2 is 2.25 bits per heavy atom. The zero-order chi connectivity index (χ0) is 14.7. The van der Waals surface area contributed by atoms with Gasteiger partial charge >= 0.3 is 5.97 Å². The molecule has 2 aromatic rings. The van der Waals surface area contributed by atoms with Gasteiger partial charge in [-0.3, -0.25) is 0 Å². The first kappa shape index (κ1) is 14.5. The van der Waals surface area contributed by atoms with Crippen molar-refractivity contribution in [1.29, 1.82) is 0 Å². The van der Waals surface area contributed by atoms with Crippen LogP contribution in [0.3, 0.4) is 0 Å². The molecule has 0 fully saturated rings. The molecule has 2 rings (SSSR count). The summed E-state index contributed by atoms with van der Waals surface area (Å²) in [5.41, 5.74) is 1.70. The summed E-state index contributed by atoms with van der Waals surface area (Å²) >= 11 is 0. The minimum atomic E-state index is -0.933. The molecule has 20 heavy (non-hydrogen) atoms. The third kappa shape index (κ3) is 2.82. The summed E-state index contributed by atoms with van der Waals surface area (Å²) in [6.45, 7) is 6.10. The number of carbonyl (C=O) groups is 1. The van der Waals surface area contributed by atoms with Gasteiger partial charge in [-0.15, -0.1) is 0 Å². The maximum Gasteiger partial charge on any atom is 0.337 e. The molecule has 5 nitrogen and oxygen atoms in total. The number of aromatic nitrogens is 2. The van der Waals surface area contributed by atoms with E-state index in [0.717, 1.165) is 25.0 Å². The number of nitrogens with zero attached hydrogens (tertiary/aromatic N) is 3. The molecule has 1 N–H and O–H groups in total. The smallest absolute Gasteiger partial charge is 0.337 e. The molecule has 0 bridgehead atoms. The van der Waals surface area contributed by atoms with E-state index in [0.29, 0.717) is 11.6 Å². The van der Waals surface area contributed by atoms with Crippen molar-refractivity contribution in [3.8, 4) is 0 Å². The molecule has 1 atom stereocenters. The number of fused-ring (bicyclic) bond motifs is 1. The largest absolute Gasteiger partial charge is 0.478 e. The average molecular weight is 275 g/mol. The first-order valence-corrected chi connectivity index (χ1v) is 6.92. The Balaban J connectivity index is 2.20. The Morgan fingerprint density at radius 1 is 1.50 bits per heavy atom. The van der Waals surface area contributed by atoms with E-state index in [-0.39, 0.29) is 5.56 Å². The second-order valence-electron chi connectivity index (χ2n) is 5.15. The summed E-state index contributed by atoms with van der Waals surface area (Å²) in [7, 11) is 2.11. The number of imidazole rings is 1. The Bertz CT molecular complexity index is 606. The summed E-state index contributed by atoms with van der Waals surface area (Å²) in [5.74, 6) is -0.933. The van der Waals surface area contributed by atoms with Gasteiger partial charge in [0, 0.05) is 19.1 Å². The molecule has 1 aromatic heterocycles. The molecule has 0 spiro atoms. The summed E-state index contributed by atoms with van der Waals surface area (Å²) in [6.07, 6.45) is 2.84. The SMILES string of the molecule is CCC(C)N(C)CCn1cnc2c(C(=O)O)cccc21. The first-order valence-electron chi connectivity index (χ1n) is 6.92. The van der Waals surface area contributed by atoms with Gasteiger partial charge in [-0.05, 0) is 32.5 Å². The third-order valence-electron chi connectivity index (χ3n) is 3.92. The van der Waals surface area contributed by atoms with E-state index in [1.807, 2.05) is 10.6 Å². The van der Waals surface area contributed by atoms with Crippen molar-refractivity contribution in [3.63, 3.8) is 0 Å². The maximum atomic E-state index is 11.2. The molecule has 0 aliphatic carbocycles. The highest BCUT2D eigenvalue weighted by Crippen LogP contribution is 2.17. The van der Waals surface area contributed by atoms with Crippen LogP contribution in [0.1, 0.15) is 30.6 Å². The summed E-state index contributed by atoms with van der Waals surface area (Å²) in [5, 5.41) is 9.16. The van der Waals surface area contributed by atoms with Crippen LogP contribution >= 0.6 is 0 Å². The Morgan fingerprint density at radius 3 is 2.90 bits per heavy atom. The first-order chi connectivity index (χ1) is 9.54. The zero-order valence-electron chi connectivity index (χ0n) is 12.2. The second-order valence-corrected chi connectivity index (χ2v) is 5.15. The number of likely N-dealkylation sites (N-methyl/N-ethyl adjacent to an activating group) is 1. The van der Waals surface area contributed by atoms with E-state index < -0.39 is 5.97 Å². The molecule has 1 unspecified atom stereocenters. The van der Waals surface area contributed by atoms with Gasteiger partial charge in [0.05, 0.1) is 17.4 Å². The van der Waals surface area contributed by atoms with Gasteiger partial charge in [-0.25, -0.2) is 9.78 Å². The fourth-order valence-electron chi connectivity index (χ4n) is 2.24. The van der Waals surface area contributed by atoms with Crippen LogP contribution < -0.4 is 0 Å². The fraction of sp³-hybridized carbons (Fsp3) is 0.467. The highest BCUT2D eigenvalue weighted by Gasteiger charge is 2.13. The lowest BCUT2D eigenvalue weighted by Crippen LogP contribution is -2.31. The molecule has 0 radical (unpaired) electrons. The monoisotopic (exact) mass is 275 g/mol. The van der Waals surface area contributed by atoms with Crippen LogP contribution in [0, 0.1) is 0 Å². The molecule has 0 saturated carbocycles. The van der Waals surface area contributed by atoms with E-state index in [9.17, 15) is 4.79 Å². The molecule has 0 saturated heterocycles. The highest BCUT2D eigenvalue weighted by molar-refractivity contribution is 6.00. The Hall–Kier alpha value is -1.88. The maximum absolute atomic E-state index is 11.2. The molecule has 0 aliphatic rings. The lowest BCUT2D eigenvalue weighted by Gasteiger charge is -2.23. The minimum absolute atomic E-state index is 0.261. The molecule has 108 valence electrons. The number of para-hydroxylation sites is 1. The van der Waals surface area contributed by atoms with Gasteiger partial charge in [0.1, 0.15) is 5.52 Å². The van der Waals surface area contributed by atoms with Crippen LogP contribution in [-0.4, -0.2) is 45.2 Å². The number of benzene rings is 1. The lowest BCUT2D eigenvalue weighted by atomic mass is 10.2. The molecule has 1 aromatic carbocycles. The number of carboxylic acid groups (broad SMARTS) is 1. The van der Waals surface area contributed by atoms with Crippen molar-refractivity contribution in [1.82, 2.24) is 14.5 Å². The van der Waals surface area contributed by atoms with E-state index >= 15 is 0 Å². The zero-order valence-corrected chi connectivity index (χ0v) is 12.2. The summed E-state index contributed by atoms with van der Waals surface area (Å²) < 4.78 is 2.01. The van der Waals surface area contributed by atoms with Crippen molar-refractivity contribution >= 4 is 17.0 Å². The number of hydrogen-bond acceptors (Lipinski definition) is 3. The van der Waals surface area contributed by atoms with Crippen molar-refractivity contribution in [2.24, 2.45) is 0 Å². The van der Waals surface area contributed by atoms with Gasteiger partial charge in [-0.2, -0.15) is 0 Å². The lowest BCUT2D eigenvalue weighted by molar-refractivity contribution is 0.0699. The quantitative estimate of drug-likeness (QED) is 0.880. The fourth-order valence-corrected chi connectivity index (χ4v) is 2.24. The predicted molar refractivity (Wildman–Crippen MR) is 79.1 cm³/mol. The minimum Gasteiger partial charge on any atom is -0.478 e. The molecule has 1 heterocycles. The van der Waals surface area contributed by atoms with Gasteiger partial charge in [0.2, 0.25) is 0 Å². The number of rotatable bonds is 6. The third-order valence-corrected chi connectivity index (χ3v) is 3.92. The van der Waals surface area contributed by atoms with Crippen molar-refractivity contribution < 1.29 is 9.90 Å². The van der Waals surface area contributed by atoms with Crippen LogP contribution in [-0.2, 0) is 6.54 Å².